The van der Waals surface area contributed by atoms with E-state index >= 15 is 0 Å². The van der Waals surface area contributed by atoms with E-state index in [1.54, 1.807) is 0 Å². The maximum atomic E-state index is 12.2. The minimum absolute atomic E-state index is 0.115. The molecule has 0 aliphatic carbocycles. The molecule has 0 aromatic rings. The fourth-order valence-corrected chi connectivity index (χ4v) is 3.74. The van der Waals surface area contributed by atoms with Crippen molar-refractivity contribution in [2.24, 2.45) is 11.8 Å². The first-order chi connectivity index (χ1) is 10.6. The molecule has 2 heterocycles. The lowest BCUT2D eigenvalue weighted by Crippen LogP contribution is -2.57. The molecule has 23 heavy (non-hydrogen) atoms. The summed E-state index contributed by atoms with van der Waals surface area (Å²) in [7, 11) is 0. The van der Waals surface area contributed by atoms with E-state index in [1.165, 1.54) is 0 Å². The molecule has 134 valence electrons. The van der Waals surface area contributed by atoms with E-state index in [-0.39, 0.29) is 17.8 Å². The first-order valence-electron chi connectivity index (χ1n) is 8.97. The summed E-state index contributed by atoms with van der Waals surface area (Å²) < 4.78 is 11.7. The minimum atomic E-state index is -0.424. The van der Waals surface area contributed by atoms with Gasteiger partial charge in [-0.2, -0.15) is 0 Å². The van der Waals surface area contributed by atoms with E-state index in [4.69, 9.17) is 9.47 Å². The van der Waals surface area contributed by atoms with Crippen LogP contribution in [-0.2, 0) is 9.47 Å². The van der Waals surface area contributed by atoms with Gasteiger partial charge in [-0.25, -0.2) is 4.79 Å². The molecule has 2 aliphatic rings. The van der Waals surface area contributed by atoms with Crippen molar-refractivity contribution in [2.45, 2.75) is 71.7 Å². The number of nitrogens with one attached hydrogen (secondary N) is 1. The number of ether oxygens (including phenoxy) is 2. The Morgan fingerprint density at radius 3 is 2.48 bits per heavy atom. The predicted molar refractivity (Wildman–Crippen MR) is 91.5 cm³/mol. The molecule has 2 rings (SSSR count). The van der Waals surface area contributed by atoms with Crippen LogP contribution in [0.5, 0.6) is 0 Å². The molecule has 0 saturated carbocycles. The molecule has 5 nitrogen and oxygen atoms in total. The Kier molecular flexibility index (Phi) is 5.62. The fourth-order valence-electron chi connectivity index (χ4n) is 3.74. The number of carbonyl (C=O) groups is 1. The molecule has 0 bridgehead atoms. The summed E-state index contributed by atoms with van der Waals surface area (Å²) in [4.78, 5) is 14.0. The maximum absolute atomic E-state index is 12.2. The fraction of sp³-hybridized carbons (Fsp3) is 0.944. The van der Waals surface area contributed by atoms with Crippen molar-refractivity contribution < 1.29 is 14.3 Å². The van der Waals surface area contributed by atoms with Gasteiger partial charge in [0.2, 0.25) is 0 Å². The second-order valence-electron chi connectivity index (χ2n) is 8.47. The van der Waals surface area contributed by atoms with Gasteiger partial charge in [0.25, 0.3) is 0 Å². The SMILES string of the molecule is CC(C1CCN(C(=O)OC(C)(C)C)CC1)[C@@]1(C)CNC[C@@H](C)O1. The monoisotopic (exact) mass is 326 g/mol. The number of amides is 1. The van der Waals surface area contributed by atoms with Crippen molar-refractivity contribution in [3.05, 3.63) is 0 Å². The standard InChI is InChI=1S/C18H34N2O3/c1-13-11-19-12-18(6,22-13)14(2)15-7-9-20(10-8-15)16(21)23-17(3,4)5/h13-15,19H,7-12H2,1-6H3/t13-,14?,18-/m1/s1. The molecule has 2 fully saturated rings. The van der Waals surface area contributed by atoms with Crippen LogP contribution < -0.4 is 5.32 Å². The molecular formula is C18H34N2O3. The van der Waals surface area contributed by atoms with Crippen LogP contribution in [0.1, 0.15) is 54.4 Å². The Bertz CT molecular complexity index is 413. The summed E-state index contributed by atoms with van der Waals surface area (Å²) in [5, 5.41) is 3.49. The Morgan fingerprint density at radius 1 is 1.35 bits per heavy atom. The Balaban J connectivity index is 1.87. The van der Waals surface area contributed by atoms with E-state index in [2.05, 4.69) is 26.1 Å². The second-order valence-corrected chi connectivity index (χ2v) is 8.47. The van der Waals surface area contributed by atoms with Gasteiger partial charge in [-0.1, -0.05) is 6.92 Å². The number of likely N-dealkylation sites (tertiary alicyclic amines) is 1. The number of hydrogen-bond donors (Lipinski definition) is 1. The topological polar surface area (TPSA) is 50.8 Å². The molecule has 1 amide bonds. The first-order valence-corrected chi connectivity index (χ1v) is 8.97. The third kappa shape index (κ3) is 4.83. The average Bonchev–Trinajstić information content (AvgIpc) is 2.44. The van der Waals surface area contributed by atoms with E-state index in [1.807, 2.05) is 25.7 Å². The zero-order valence-electron chi connectivity index (χ0n) is 15.6. The zero-order valence-corrected chi connectivity index (χ0v) is 15.6. The van der Waals surface area contributed by atoms with Crippen LogP contribution in [0.4, 0.5) is 4.79 Å². The highest BCUT2D eigenvalue weighted by Gasteiger charge is 2.41. The van der Waals surface area contributed by atoms with Gasteiger partial charge in [-0.3, -0.25) is 0 Å². The molecule has 2 aliphatic heterocycles. The van der Waals surface area contributed by atoms with Gasteiger partial charge >= 0.3 is 6.09 Å². The highest BCUT2D eigenvalue weighted by molar-refractivity contribution is 5.68. The van der Waals surface area contributed by atoms with Gasteiger partial charge in [0, 0.05) is 26.2 Å². The number of hydrogen-bond acceptors (Lipinski definition) is 4. The van der Waals surface area contributed by atoms with Crippen LogP contribution in [0, 0.1) is 11.8 Å². The van der Waals surface area contributed by atoms with E-state index < -0.39 is 5.60 Å². The summed E-state index contributed by atoms with van der Waals surface area (Å²) in [5.74, 6) is 1.06. The van der Waals surface area contributed by atoms with Gasteiger partial charge in [0.1, 0.15) is 5.60 Å². The summed E-state index contributed by atoms with van der Waals surface area (Å²) in [6.07, 6.45) is 2.12. The Morgan fingerprint density at radius 2 is 1.96 bits per heavy atom. The van der Waals surface area contributed by atoms with E-state index in [9.17, 15) is 4.79 Å². The second kappa shape index (κ2) is 6.98. The van der Waals surface area contributed by atoms with Crippen molar-refractivity contribution in [3.63, 3.8) is 0 Å². The summed E-state index contributed by atoms with van der Waals surface area (Å²) in [6.45, 7) is 15.8. The molecule has 3 atom stereocenters. The Labute approximate surface area is 141 Å². The molecule has 0 radical (unpaired) electrons. The minimum Gasteiger partial charge on any atom is -0.444 e. The number of morpholine rings is 1. The summed E-state index contributed by atoms with van der Waals surface area (Å²) in [6, 6.07) is 0. The molecule has 0 aromatic heterocycles. The molecule has 0 aromatic carbocycles. The van der Waals surface area contributed by atoms with Crippen molar-refractivity contribution >= 4 is 6.09 Å². The highest BCUT2D eigenvalue weighted by atomic mass is 16.6. The van der Waals surface area contributed by atoms with Crippen LogP contribution in [0.25, 0.3) is 0 Å². The molecule has 2 saturated heterocycles. The van der Waals surface area contributed by atoms with Crippen LogP contribution in [-0.4, -0.2) is 54.5 Å². The van der Waals surface area contributed by atoms with E-state index in [0.717, 1.165) is 39.0 Å². The Hall–Kier alpha value is -0.810. The van der Waals surface area contributed by atoms with Crippen molar-refractivity contribution in [2.75, 3.05) is 26.2 Å². The smallest absolute Gasteiger partial charge is 0.410 e. The molecule has 0 spiro atoms. The van der Waals surface area contributed by atoms with Crippen LogP contribution in [0.15, 0.2) is 0 Å². The van der Waals surface area contributed by atoms with Gasteiger partial charge in [-0.05, 0) is 59.3 Å². The quantitative estimate of drug-likeness (QED) is 0.847. The molecule has 1 N–H and O–H groups in total. The number of piperidine rings is 1. The first kappa shape index (κ1) is 18.5. The van der Waals surface area contributed by atoms with E-state index in [0.29, 0.717) is 11.8 Å². The lowest BCUT2D eigenvalue weighted by Gasteiger charge is -2.46. The number of carbonyl (C=O) groups excluding carboxylic acids is 1. The third-order valence-corrected chi connectivity index (χ3v) is 5.24. The van der Waals surface area contributed by atoms with Gasteiger partial charge < -0.3 is 19.7 Å². The third-order valence-electron chi connectivity index (χ3n) is 5.24. The number of nitrogens with zero attached hydrogens (tertiary/aromatic N) is 1. The summed E-state index contributed by atoms with van der Waals surface area (Å²) >= 11 is 0. The molecular weight excluding hydrogens is 292 g/mol. The normalized spacial score (nSPS) is 31.7. The van der Waals surface area contributed by atoms with Crippen molar-refractivity contribution in [3.8, 4) is 0 Å². The van der Waals surface area contributed by atoms with Crippen LogP contribution in [0.3, 0.4) is 0 Å². The van der Waals surface area contributed by atoms with Gasteiger partial charge in [0.05, 0.1) is 11.7 Å². The largest absolute Gasteiger partial charge is 0.444 e. The van der Waals surface area contributed by atoms with Gasteiger partial charge in [0.15, 0.2) is 0 Å². The molecule has 5 heteroatoms. The lowest BCUT2D eigenvalue weighted by atomic mass is 9.75. The predicted octanol–water partition coefficient (Wildman–Crippen LogP) is 3.04. The average molecular weight is 326 g/mol. The highest BCUT2D eigenvalue weighted by Crippen LogP contribution is 2.36. The van der Waals surface area contributed by atoms with Crippen LogP contribution in [0.2, 0.25) is 0 Å². The maximum Gasteiger partial charge on any atom is 0.410 e. The molecule has 1 unspecified atom stereocenters. The van der Waals surface area contributed by atoms with Crippen molar-refractivity contribution in [1.29, 1.82) is 0 Å². The van der Waals surface area contributed by atoms with Crippen molar-refractivity contribution in [1.82, 2.24) is 10.2 Å². The zero-order chi connectivity index (χ0) is 17.3. The van der Waals surface area contributed by atoms with Crippen LogP contribution >= 0.6 is 0 Å². The number of rotatable bonds is 2. The lowest BCUT2D eigenvalue weighted by molar-refractivity contribution is -0.141. The summed E-state index contributed by atoms with van der Waals surface area (Å²) in [5.41, 5.74) is -0.539. The van der Waals surface area contributed by atoms with Gasteiger partial charge in [-0.15, -0.1) is 0 Å².